The summed E-state index contributed by atoms with van der Waals surface area (Å²) in [5, 5.41) is 0. The van der Waals surface area contributed by atoms with E-state index in [2.05, 4.69) is 13.8 Å². The first-order valence-electron chi connectivity index (χ1n) is 7.57. The van der Waals surface area contributed by atoms with Crippen LogP contribution in [0.4, 0.5) is 0 Å². The molecule has 0 aromatic heterocycles. The first-order chi connectivity index (χ1) is 9.12. The molecule has 0 aliphatic carbocycles. The van der Waals surface area contributed by atoms with Crippen molar-refractivity contribution in [2.45, 2.75) is 41.0 Å². The predicted molar refractivity (Wildman–Crippen MR) is 83.5 cm³/mol. The maximum atomic E-state index is 12.8. The Morgan fingerprint density at radius 2 is 1.75 bits per heavy atom. The van der Waals surface area contributed by atoms with Crippen molar-refractivity contribution in [1.82, 2.24) is 8.61 Å². The van der Waals surface area contributed by atoms with Crippen molar-refractivity contribution < 1.29 is 8.42 Å². The van der Waals surface area contributed by atoms with Crippen LogP contribution in [0.3, 0.4) is 0 Å². The van der Waals surface area contributed by atoms with Crippen LogP contribution in [0.25, 0.3) is 0 Å². The van der Waals surface area contributed by atoms with Crippen molar-refractivity contribution in [1.29, 1.82) is 0 Å². The van der Waals surface area contributed by atoms with Gasteiger partial charge in [0.05, 0.1) is 0 Å². The summed E-state index contributed by atoms with van der Waals surface area (Å²) < 4.78 is 28.9. The molecule has 1 fully saturated rings. The topological polar surface area (TPSA) is 66.6 Å². The van der Waals surface area contributed by atoms with Crippen LogP contribution in [0.1, 0.15) is 41.0 Å². The summed E-state index contributed by atoms with van der Waals surface area (Å²) in [6, 6.07) is 0. The molecule has 2 unspecified atom stereocenters. The lowest BCUT2D eigenvalue weighted by atomic mass is 9.94. The van der Waals surface area contributed by atoms with Crippen molar-refractivity contribution in [3.8, 4) is 0 Å². The first kappa shape index (κ1) is 17.9. The molecular formula is C14H31N3O2S. The Balaban J connectivity index is 2.89. The fraction of sp³-hybridized carbons (Fsp3) is 1.00. The summed E-state index contributed by atoms with van der Waals surface area (Å²) in [6.45, 7) is 12.9. The van der Waals surface area contributed by atoms with E-state index in [1.807, 2.05) is 20.8 Å². The fourth-order valence-corrected chi connectivity index (χ4v) is 4.91. The number of nitrogens with two attached hydrogens (primary N) is 1. The summed E-state index contributed by atoms with van der Waals surface area (Å²) in [5.74, 6) is 0.851. The highest BCUT2D eigenvalue weighted by molar-refractivity contribution is 7.86. The van der Waals surface area contributed by atoms with Gasteiger partial charge in [-0.15, -0.1) is 0 Å². The van der Waals surface area contributed by atoms with Crippen LogP contribution >= 0.6 is 0 Å². The molecule has 120 valence electrons. The SMILES string of the molecule is CCN(CC(C)(C)CN)S(=O)(=O)N1CC(C)CC(C)C1. The Kier molecular flexibility index (Phi) is 6.01. The van der Waals surface area contributed by atoms with E-state index in [1.165, 1.54) is 0 Å². The molecule has 0 bridgehead atoms. The third kappa shape index (κ3) is 4.41. The second kappa shape index (κ2) is 6.73. The Labute approximate surface area is 124 Å². The lowest BCUT2D eigenvalue weighted by molar-refractivity contribution is 0.197. The van der Waals surface area contributed by atoms with E-state index in [1.54, 1.807) is 8.61 Å². The lowest BCUT2D eigenvalue weighted by Crippen LogP contribution is -2.52. The van der Waals surface area contributed by atoms with Crippen LogP contribution < -0.4 is 5.73 Å². The summed E-state index contributed by atoms with van der Waals surface area (Å²) in [4.78, 5) is 0. The summed E-state index contributed by atoms with van der Waals surface area (Å²) in [6.07, 6.45) is 1.10. The van der Waals surface area contributed by atoms with Crippen LogP contribution in [0, 0.1) is 17.3 Å². The Morgan fingerprint density at radius 3 is 2.15 bits per heavy atom. The van der Waals surface area contributed by atoms with Gasteiger partial charge in [-0.05, 0) is 30.2 Å². The molecule has 20 heavy (non-hydrogen) atoms. The molecule has 0 saturated carbocycles. The van der Waals surface area contributed by atoms with Gasteiger partial charge in [-0.3, -0.25) is 0 Å². The molecule has 6 heteroatoms. The van der Waals surface area contributed by atoms with Crippen molar-refractivity contribution in [2.75, 3.05) is 32.7 Å². The van der Waals surface area contributed by atoms with E-state index in [0.29, 0.717) is 44.6 Å². The average molecular weight is 305 g/mol. The fourth-order valence-electron chi connectivity index (χ4n) is 2.86. The molecule has 1 heterocycles. The van der Waals surface area contributed by atoms with Gasteiger partial charge in [0.2, 0.25) is 0 Å². The summed E-state index contributed by atoms with van der Waals surface area (Å²) in [7, 11) is -3.37. The maximum Gasteiger partial charge on any atom is 0.282 e. The normalized spacial score (nSPS) is 26.1. The molecule has 2 atom stereocenters. The highest BCUT2D eigenvalue weighted by Crippen LogP contribution is 2.26. The van der Waals surface area contributed by atoms with Crippen LogP contribution in [0.15, 0.2) is 0 Å². The molecule has 1 aliphatic rings. The molecule has 0 spiro atoms. The predicted octanol–water partition coefficient (Wildman–Crippen LogP) is 1.52. The Morgan fingerprint density at radius 1 is 1.25 bits per heavy atom. The third-order valence-corrected chi connectivity index (χ3v) is 5.99. The number of hydrogen-bond donors (Lipinski definition) is 1. The second-order valence-electron chi connectivity index (χ2n) is 7.07. The Bertz CT molecular complexity index is 399. The molecule has 0 amide bonds. The molecule has 0 aromatic rings. The molecule has 0 radical (unpaired) electrons. The van der Waals surface area contributed by atoms with Gasteiger partial charge in [-0.25, -0.2) is 0 Å². The lowest BCUT2D eigenvalue weighted by Gasteiger charge is -2.39. The van der Waals surface area contributed by atoms with Gasteiger partial charge in [0.15, 0.2) is 0 Å². The quantitative estimate of drug-likeness (QED) is 0.809. The van der Waals surface area contributed by atoms with Crippen LogP contribution in [0.2, 0.25) is 0 Å². The second-order valence-corrected chi connectivity index (χ2v) is 8.99. The van der Waals surface area contributed by atoms with Crippen molar-refractivity contribution in [2.24, 2.45) is 23.0 Å². The van der Waals surface area contributed by atoms with E-state index in [-0.39, 0.29) is 5.41 Å². The van der Waals surface area contributed by atoms with Gasteiger partial charge in [-0.1, -0.05) is 34.6 Å². The molecule has 0 aromatic carbocycles. The number of nitrogens with zero attached hydrogens (tertiary/aromatic N) is 2. The standard InChI is InChI=1S/C14H31N3O2S/c1-6-16(11-14(4,5)10-15)20(18,19)17-8-12(2)7-13(3)9-17/h12-13H,6-11,15H2,1-5H3. The molecule has 5 nitrogen and oxygen atoms in total. The molecular weight excluding hydrogens is 274 g/mol. The van der Waals surface area contributed by atoms with Gasteiger partial charge < -0.3 is 5.73 Å². The monoisotopic (exact) mass is 305 g/mol. The van der Waals surface area contributed by atoms with Crippen LogP contribution in [0.5, 0.6) is 0 Å². The summed E-state index contributed by atoms with van der Waals surface area (Å²) >= 11 is 0. The molecule has 1 rings (SSSR count). The van der Waals surface area contributed by atoms with Gasteiger partial charge in [0.1, 0.15) is 0 Å². The highest BCUT2D eigenvalue weighted by Gasteiger charge is 2.36. The largest absolute Gasteiger partial charge is 0.330 e. The van der Waals surface area contributed by atoms with Gasteiger partial charge >= 0.3 is 0 Å². The molecule has 1 aliphatic heterocycles. The summed E-state index contributed by atoms with van der Waals surface area (Å²) in [5.41, 5.74) is 5.54. The van der Waals surface area contributed by atoms with Gasteiger partial charge in [-0.2, -0.15) is 17.0 Å². The minimum atomic E-state index is -3.37. The van der Waals surface area contributed by atoms with E-state index >= 15 is 0 Å². The van der Waals surface area contributed by atoms with Crippen molar-refractivity contribution >= 4 is 10.2 Å². The zero-order valence-corrected chi connectivity index (χ0v) is 14.4. The van der Waals surface area contributed by atoms with Crippen LogP contribution in [-0.4, -0.2) is 49.8 Å². The van der Waals surface area contributed by atoms with Gasteiger partial charge in [0, 0.05) is 26.2 Å². The van der Waals surface area contributed by atoms with Crippen molar-refractivity contribution in [3.05, 3.63) is 0 Å². The number of hydrogen-bond acceptors (Lipinski definition) is 3. The van der Waals surface area contributed by atoms with E-state index in [0.717, 1.165) is 6.42 Å². The number of piperidine rings is 1. The average Bonchev–Trinajstić information content (AvgIpc) is 2.34. The zero-order chi connectivity index (χ0) is 15.6. The maximum absolute atomic E-state index is 12.8. The highest BCUT2D eigenvalue weighted by atomic mass is 32.2. The third-order valence-electron chi connectivity index (χ3n) is 4.00. The van der Waals surface area contributed by atoms with Crippen LogP contribution in [-0.2, 0) is 10.2 Å². The smallest absolute Gasteiger partial charge is 0.282 e. The van der Waals surface area contributed by atoms with E-state index in [9.17, 15) is 8.42 Å². The van der Waals surface area contributed by atoms with E-state index < -0.39 is 10.2 Å². The number of rotatable bonds is 6. The zero-order valence-electron chi connectivity index (χ0n) is 13.6. The molecule has 2 N–H and O–H groups in total. The van der Waals surface area contributed by atoms with E-state index in [4.69, 9.17) is 5.73 Å². The van der Waals surface area contributed by atoms with Gasteiger partial charge in [0.25, 0.3) is 10.2 Å². The van der Waals surface area contributed by atoms with Crippen molar-refractivity contribution in [3.63, 3.8) is 0 Å². The minimum Gasteiger partial charge on any atom is -0.330 e. The minimum absolute atomic E-state index is 0.198. The molecule has 1 saturated heterocycles. The Hall–Kier alpha value is -0.170. The first-order valence-corrected chi connectivity index (χ1v) is 8.97.